The van der Waals surface area contributed by atoms with Crippen molar-refractivity contribution in [3.05, 3.63) is 48.8 Å². The van der Waals surface area contributed by atoms with Crippen LogP contribution >= 0.6 is 0 Å². The first-order chi connectivity index (χ1) is 15.3. The second kappa shape index (κ2) is 7.19. The van der Waals surface area contributed by atoms with Gasteiger partial charge in [-0.2, -0.15) is 5.10 Å². The summed E-state index contributed by atoms with van der Waals surface area (Å²) in [6, 6.07) is 5.26. The molecule has 0 saturated heterocycles. The number of rotatable bonds is 3. The lowest BCUT2D eigenvalue weighted by atomic mass is 9.95. The van der Waals surface area contributed by atoms with Crippen LogP contribution in [0.15, 0.2) is 43.0 Å². The molecule has 5 rings (SSSR count). The van der Waals surface area contributed by atoms with Crippen LogP contribution in [0.1, 0.15) is 20.8 Å². The molecule has 0 radical (unpaired) electrons. The Morgan fingerprint density at radius 2 is 1.94 bits per heavy atom. The number of fused-ring (bicyclic) bond motifs is 2. The highest BCUT2D eigenvalue weighted by atomic mass is 19.1. The third-order valence-electron chi connectivity index (χ3n) is 4.98. The standard InChI is InChI=1S/C22H19FN8O/c1-22(2,3)21(32)27-12-7-11(8-24-9-12)17-16(23)15-14(10-26-17)30-31-18(15)20-28-13-5-4-6-25-19(13)29-20/h4-10H,1-3H3,(H,27,32)(H,30,31)(H,25,28,29). The van der Waals surface area contributed by atoms with E-state index in [4.69, 9.17) is 0 Å². The highest BCUT2D eigenvalue weighted by Crippen LogP contribution is 2.32. The number of H-pyrrole nitrogens is 2. The van der Waals surface area contributed by atoms with Gasteiger partial charge in [-0.3, -0.25) is 19.9 Å². The summed E-state index contributed by atoms with van der Waals surface area (Å²) in [5, 5.41) is 10.1. The molecule has 0 spiro atoms. The van der Waals surface area contributed by atoms with Crippen molar-refractivity contribution in [1.29, 1.82) is 0 Å². The number of hydrogen-bond donors (Lipinski definition) is 3. The quantitative estimate of drug-likeness (QED) is 0.396. The average molecular weight is 430 g/mol. The Morgan fingerprint density at radius 1 is 1.09 bits per heavy atom. The van der Waals surface area contributed by atoms with E-state index in [2.05, 4.69) is 40.4 Å². The monoisotopic (exact) mass is 430 g/mol. The summed E-state index contributed by atoms with van der Waals surface area (Å²) in [7, 11) is 0. The smallest absolute Gasteiger partial charge is 0.229 e. The van der Waals surface area contributed by atoms with Crippen LogP contribution in [0.3, 0.4) is 0 Å². The largest absolute Gasteiger partial charge is 0.335 e. The van der Waals surface area contributed by atoms with E-state index in [1.807, 2.05) is 26.8 Å². The predicted octanol–water partition coefficient (Wildman–Crippen LogP) is 4.08. The van der Waals surface area contributed by atoms with Crippen LogP contribution in [-0.2, 0) is 4.79 Å². The molecule has 9 nitrogen and oxygen atoms in total. The van der Waals surface area contributed by atoms with Gasteiger partial charge in [0, 0.05) is 23.4 Å². The normalized spacial score (nSPS) is 11.9. The van der Waals surface area contributed by atoms with Gasteiger partial charge in [0.2, 0.25) is 5.91 Å². The highest BCUT2D eigenvalue weighted by molar-refractivity contribution is 5.96. The lowest BCUT2D eigenvalue weighted by Crippen LogP contribution is -2.27. The van der Waals surface area contributed by atoms with E-state index < -0.39 is 11.2 Å². The number of nitrogens with zero attached hydrogens (tertiary/aromatic N) is 5. The molecule has 0 bridgehead atoms. The molecule has 3 N–H and O–H groups in total. The minimum Gasteiger partial charge on any atom is -0.335 e. The van der Waals surface area contributed by atoms with Gasteiger partial charge in [0.15, 0.2) is 17.3 Å². The van der Waals surface area contributed by atoms with Crippen LogP contribution in [0, 0.1) is 11.2 Å². The molecule has 0 unspecified atom stereocenters. The molecule has 0 aliphatic heterocycles. The van der Waals surface area contributed by atoms with Crippen molar-refractivity contribution in [1.82, 2.24) is 35.1 Å². The van der Waals surface area contributed by atoms with Crippen molar-refractivity contribution in [2.45, 2.75) is 20.8 Å². The van der Waals surface area contributed by atoms with Crippen molar-refractivity contribution in [3.63, 3.8) is 0 Å². The zero-order valence-corrected chi connectivity index (χ0v) is 17.6. The van der Waals surface area contributed by atoms with E-state index in [-0.39, 0.29) is 17.0 Å². The number of hydrogen-bond acceptors (Lipinski definition) is 6. The zero-order chi connectivity index (χ0) is 22.5. The van der Waals surface area contributed by atoms with E-state index in [0.29, 0.717) is 33.9 Å². The molecule has 0 aliphatic carbocycles. The molecule has 0 saturated carbocycles. The topological polar surface area (TPSA) is 125 Å². The van der Waals surface area contributed by atoms with E-state index in [9.17, 15) is 4.79 Å². The second-order valence-electron chi connectivity index (χ2n) is 8.41. The molecule has 1 amide bonds. The van der Waals surface area contributed by atoms with Gasteiger partial charge in [0.05, 0.1) is 34.5 Å². The summed E-state index contributed by atoms with van der Waals surface area (Å²) < 4.78 is 15.7. The predicted molar refractivity (Wildman–Crippen MR) is 118 cm³/mol. The van der Waals surface area contributed by atoms with Crippen molar-refractivity contribution in [2.75, 3.05) is 5.32 Å². The van der Waals surface area contributed by atoms with Gasteiger partial charge in [-0.05, 0) is 18.2 Å². The zero-order valence-electron chi connectivity index (χ0n) is 17.6. The summed E-state index contributed by atoms with van der Waals surface area (Å²) in [6.45, 7) is 5.42. The van der Waals surface area contributed by atoms with E-state index in [0.717, 1.165) is 5.52 Å². The van der Waals surface area contributed by atoms with Gasteiger partial charge < -0.3 is 10.3 Å². The van der Waals surface area contributed by atoms with Crippen LogP contribution in [0.4, 0.5) is 10.1 Å². The van der Waals surface area contributed by atoms with Gasteiger partial charge in [-0.1, -0.05) is 20.8 Å². The Labute approximate surface area is 181 Å². The number of nitrogens with one attached hydrogen (secondary N) is 3. The van der Waals surface area contributed by atoms with Crippen LogP contribution in [0.5, 0.6) is 0 Å². The first-order valence-electron chi connectivity index (χ1n) is 9.92. The average Bonchev–Trinajstić information content (AvgIpc) is 3.38. The summed E-state index contributed by atoms with van der Waals surface area (Å²) in [6.07, 6.45) is 6.14. The van der Waals surface area contributed by atoms with Gasteiger partial charge in [0.25, 0.3) is 0 Å². The lowest BCUT2D eigenvalue weighted by molar-refractivity contribution is -0.123. The molecule has 0 aromatic carbocycles. The number of imidazole rings is 1. The number of amides is 1. The van der Waals surface area contributed by atoms with Gasteiger partial charge >= 0.3 is 0 Å². The second-order valence-corrected chi connectivity index (χ2v) is 8.41. The van der Waals surface area contributed by atoms with Gasteiger partial charge in [-0.25, -0.2) is 14.4 Å². The number of halogens is 1. The van der Waals surface area contributed by atoms with Crippen LogP contribution in [0.25, 0.3) is 44.8 Å². The molecular weight excluding hydrogens is 411 g/mol. The third-order valence-corrected chi connectivity index (χ3v) is 4.98. The SMILES string of the molecule is CC(C)(C)C(=O)Nc1cncc(-c2ncc3[nH]nc(-c4nc5ncccc5[nH]4)c3c2F)c1. The molecule has 5 aromatic heterocycles. The minimum atomic E-state index is -0.578. The molecule has 5 aromatic rings. The molecular formula is C22H19FN8O. The number of carbonyl (C=O) groups excluding carboxylic acids is 1. The Hall–Kier alpha value is -4.21. The fourth-order valence-corrected chi connectivity index (χ4v) is 3.26. The molecule has 0 fully saturated rings. The molecule has 0 aliphatic rings. The summed E-state index contributed by atoms with van der Waals surface area (Å²) in [5.74, 6) is -0.345. The third kappa shape index (κ3) is 3.35. The number of pyridine rings is 3. The molecule has 10 heteroatoms. The maximum Gasteiger partial charge on any atom is 0.229 e. The van der Waals surface area contributed by atoms with Crippen LogP contribution in [-0.4, -0.2) is 41.0 Å². The molecule has 5 heterocycles. The summed E-state index contributed by atoms with van der Waals surface area (Å²) >= 11 is 0. The maximum absolute atomic E-state index is 15.7. The van der Waals surface area contributed by atoms with Gasteiger partial charge in [0.1, 0.15) is 11.4 Å². The number of carbonyl (C=O) groups is 1. The van der Waals surface area contributed by atoms with Crippen LogP contribution in [0.2, 0.25) is 0 Å². The number of aromatic amines is 2. The first kappa shape index (κ1) is 19.7. The Balaban J connectivity index is 1.59. The van der Waals surface area contributed by atoms with Crippen molar-refractivity contribution < 1.29 is 9.18 Å². The fraction of sp³-hybridized carbons (Fsp3) is 0.182. The molecule has 0 atom stereocenters. The maximum atomic E-state index is 15.7. The molecule has 32 heavy (non-hydrogen) atoms. The van der Waals surface area contributed by atoms with E-state index in [1.54, 1.807) is 18.3 Å². The highest BCUT2D eigenvalue weighted by Gasteiger charge is 2.23. The van der Waals surface area contributed by atoms with Crippen LogP contribution < -0.4 is 5.32 Å². The summed E-state index contributed by atoms with van der Waals surface area (Å²) in [5.41, 5.74) is 2.39. The fourth-order valence-electron chi connectivity index (χ4n) is 3.26. The minimum absolute atomic E-state index is 0.0914. The first-order valence-corrected chi connectivity index (χ1v) is 9.92. The Bertz CT molecular complexity index is 1450. The van der Waals surface area contributed by atoms with Crippen molar-refractivity contribution >= 4 is 33.7 Å². The number of anilines is 1. The molecule has 160 valence electrons. The Kier molecular flexibility index (Phi) is 4.43. The van der Waals surface area contributed by atoms with Gasteiger partial charge in [-0.15, -0.1) is 0 Å². The van der Waals surface area contributed by atoms with Crippen molar-refractivity contribution in [2.24, 2.45) is 5.41 Å². The lowest BCUT2D eigenvalue weighted by Gasteiger charge is -2.17. The summed E-state index contributed by atoms with van der Waals surface area (Å²) in [4.78, 5) is 32.4. The van der Waals surface area contributed by atoms with E-state index in [1.165, 1.54) is 18.6 Å². The Morgan fingerprint density at radius 3 is 2.72 bits per heavy atom. The van der Waals surface area contributed by atoms with Crippen molar-refractivity contribution in [3.8, 4) is 22.8 Å². The number of aromatic nitrogens is 7. The van der Waals surface area contributed by atoms with E-state index >= 15 is 4.39 Å².